The number of ether oxygens (including phenoxy) is 1. The van der Waals surface area contributed by atoms with Crippen LogP contribution in [-0.2, 0) is 6.42 Å². The molecular formula is C16H18N2O2S. The largest absolute Gasteiger partial charge is 0.495 e. The van der Waals surface area contributed by atoms with Crippen molar-refractivity contribution in [2.24, 2.45) is 0 Å². The van der Waals surface area contributed by atoms with E-state index in [1.54, 1.807) is 36.6 Å². The number of carbonyl (C=O) groups is 1. The number of fused-ring (bicyclic) bond motifs is 1. The third-order valence-corrected chi connectivity index (χ3v) is 5.02. The first-order valence-electron chi connectivity index (χ1n) is 6.92. The number of nitrogens with zero attached hydrogens (tertiary/aromatic N) is 1. The zero-order valence-electron chi connectivity index (χ0n) is 12.1. The molecule has 0 aliphatic carbocycles. The van der Waals surface area contributed by atoms with E-state index in [0.717, 1.165) is 13.0 Å². The predicted octanol–water partition coefficient (Wildman–Crippen LogP) is 3.10. The molecule has 2 heterocycles. The average Bonchev–Trinajstić information content (AvgIpc) is 2.97. The monoisotopic (exact) mass is 302 g/mol. The number of hydrogen-bond donors (Lipinski definition) is 1. The van der Waals surface area contributed by atoms with Gasteiger partial charge in [0.05, 0.1) is 18.8 Å². The molecule has 1 amide bonds. The predicted molar refractivity (Wildman–Crippen MR) is 84.9 cm³/mol. The fourth-order valence-corrected chi connectivity index (χ4v) is 3.76. The highest BCUT2D eigenvalue weighted by Crippen LogP contribution is 2.34. The van der Waals surface area contributed by atoms with Crippen LogP contribution in [0.1, 0.15) is 33.8 Å². The molecule has 2 N–H and O–H groups in total. The molecule has 0 radical (unpaired) electrons. The minimum atomic E-state index is 0.0256. The van der Waals surface area contributed by atoms with E-state index in [0.29, 0.717) is 17.0 Å². The summed E-state index contributed by atoms with van der Waals surface area (Å²) >= 11 is 1.77. The number of benzene rings is 1. The smallest absolute Gasteiger partial charge is 0.254 e. The van der Waals surface area contributed by atoms with Gasteiger partial charge in [0.25, 0.3) is 5.91 Å². The summed E-state index contributed by atoms with van der Waals surface area (Å²) < 4.78 is 5.20. The highest BCUT2D eigenvalue weighted by atomic mass is 32.1. The minimum Gasteiger partial charge on any atom is -0.495 e. The number of nitrogens with two attached hydrogens (primary N) is 1. The van der Waals surface area contributed by atoms with Gasteiger partial charge in [0, 0.05) is 17.0 Å². The van der Waals surface area contributed by atoms with Gasteiger partial charge in [-0.2, -0.15) is 0 Å². The molecule has 21 heavy (non-hydrogen) atoms. The molecule has 1 aromatic carbocycles. The molecule has 2 aromatic rings. The van der Waals surface area contributed by atoms with Crippen molar-refractivity contribution in [3.63, 3.8) is 0 Å². The van der Waals surface area contributed by atoms with Crippen LogP contribution in [0.2, 0.25) is 0 Å². The zero-order chi connectivity index (χ0) is 15.0. The quantitative estimate of drug-likeness (QED) is 0.867. The summed E-state index contributed by atoms with van der Waals surface area (Å²) in [6.45, 7) is 2.83. The molecule has 3 rings (SSSR count). The van der Waals surface area contributed by atoms with Crippen LogP contribution in [0.15, 0.2) is 29.6 Å². The van der Waals surface area contributed by atoms with Gasteiger partial charge in [-0.05, 0) is 48.6 Å². The maximum atomic E-state index is 12.8. The van der Waals surface area contributed by atoms with E-state index >= 15 is 0 Å². The van der Waals surface area contributed by atoms with Crippen LogP contribution in [0.3, 0.4) is 0 Å². The molecule has 1 aliphatic rings. The number of thiophene rings is 1. The second kappa shape index (κ2) is 5.41. The van der Waals surface area contributed by atoms with Crippen molar-refractivity contribution in [2.75, 3.05) is 19.4 Å². The number of anilines is 1. The first-order valence-corrected chi connectivity index (χ1v) is 7.80. The Hall–Kier alpha value is -2.01. The normalized spacial score (nSPS) is 17.4. The van der Waals surface area contributed by atoms with Crippen LogP contribution in [-0.4, -0.2) is 24.5 Å². The fraction of sp³-hybridized carbons (Fsp3) is 0.312. The lowest BCUT2D eigenvalue weighted by atomic mass is 10.00. The van der Waals surface area contributed by atoms with Gasteiger partial charge in [0.15, 0.2) is 0 Å². The molecular weight excluding hydrogens is 284 g/mol. The standard InChI is InChI=1S/C16H18N2O2S/c1-10-12-6-8-21-15(12)5-7-18(10)16(19)11-3-4-13(17)14(9-11)20-2/h3-4,6,8-10H,5,7,17H2,1-2H3. The maximum absolute atomic E-state index is 12.8. The maximum Gasteiger partial charge on any atom is 0.254 e. The van der Waals surface area contributed by atoms with Gasteiger partial charge < -0.3 is 15.4 Å². The lowest BCUT2D eigenvalue weighted by molar-refractivity contribution is 0.0679. The van der Waals surface area contributed by atoms with Gasteiger partial charge in [-0.15, -0.1) is 11.3 Å². The highest BCUT2D eigenvalue weighted by Gasteiger charge is 2.29. The summed E-state index contributed by atoms with van der Waals surface area (Å²) in [5.41, 5.74) is 8.23. The molecule has 0 bridgehead atoms. The Morgan fingerprint density at radius 2 is 2.24 bits per heavy atom. The van der Waals surface area contributed by atoms with Crippen molar-refractivity contribution in [1.29, 1.82) is 0 Å². The molecule has 1 atom stereocenters. The van der Waals surface area contributed by atoms with Crippen LogP contribution in [0.4, 0.5) is 5.69 Å². The first kappa shape index (κ1) is 13.9. The Balaban J connectivity index is 1.89. The Labute approximate surface area is 128 Å². The number of hydrogen-bond acceptors (Lipinski definition) is 4. The Morgan fingerprint density at radius 1 is 1.43 bits per heavy atom. The number of amides is 1. The van der Waals surface area contributed by atoms with Crippen molar-refractivity contribution >= 4 is 22.9 Å². The number of carbonyl (C=O) groups excluding carboxylic acids is 1. The van der Waals surface area contributed by atoms with Crippen LogP contribution < -0.4 is 10.5 Å². The molecule has 1 unspecified atom stereocenters. The van der Waals surface area contributed by atoms with Gasteiger partial charge in [0.2, 0.25) is 0 Å². The molecule has 5 heteroatoms. The van der Waals surface area contributed by atoms with Crippen molar-refractivity contribution < 1.29 is 9.53 Å². The Kier molecular flexibility index (Phi) is 3.59. The van der Waals surface area contributed by atoms with E-state index in [1.165, 1.54) is 10.4 Å². The average molecular weight is 302 g/mol. The molecule has 0 spiro atoms. The SMILES string of the molecule is COc1cc(C(=O)N2CCc3sccc3C2C)ccc1N. The molecule has 1 aromatic heterocycles. The van der Waals surface area contributed by atoms with E-state index in [9.17, 15) is 4.79 Å². The van der Waals surface area contributed by atoms with Gasteiger partial charge in [-0.3, -0.25) is 4.79 Å². The molecule has 0 saturated carbocycles. The summed E-state index contributed by atoms with van der Waals surface area (Å²) in [7, 11) is 1.56. The summed E-state index contributed by atoms with van der Waals surface area (Å²) in [6.07, 6.45) is 0.926. The fourth-order valence-electron chi connectivity index (χ4n) is 2.80. The first-order chi connectivity index (χ1) is 10.1. The number of methoxy groups -OCH3 is 1. The molecule has 0 saturated heterocycles. The summed E-state index contributed by atoms with van der Waals surface area (Å²) in [6, 6.07) is 7.42. The van der Waals surface area contributed by atoms with Gasteiger partial charge >= 0.3 is 0 Å². The lowest BCUT2D eigenvalue weighted by Gasteiger charge is -2.33. The van der Waals surface area contributed by atoms with Crippen LogP contribution in [0.5, 0.6) is 5.75 Å². The molecule has 1 aliphatic heterocycles. The second-order valence-corrected chi connectivity index (χ2v) is 6.18. The second-order valence-electron chi connectivity index (χ2n) is 5.18. The minimum absolute atomic E-state index is 0.0256. The van der Waals surface area contributed by atoms with Crippen LogP contribution in [0.25, 0.3) is 0 Å². The number of rotatable bonds is 2. The van der Waals surface area contributed by atoms with Crippen molar-refractivity contribution in [2.45, 2.75) is 19.4 Å². The van der Waals surface area contributed by atoms with E-state index in [-0.39, 0.29) is 11.9 Å². The summed E-state index contributed by atoms with van der Waals surface area (Å²) in [4.78, 5) is 16.1. The van der Waals surface area contributed by atoms with Crippen molar-refractivity contribution in [1.82, 2.24) is 4.90 Å². The van der Waals surface area contributed by atoms with Crippen LogP contribution >= 0.6 is 11.3 Å². The number of nitrogen functional groups attached to an aromatic ring is 1. The van der Waals surface area contributed by atoms with Gasteiger partial charge in [-0.1, -0.05) is 0 Å². The third-order valence-electron chi connectivity index (χ3n) is 4.02. The molecule has 110 valence electrons. The van der Waals surface area contributed by atoms with Crippen molar-refractivity contribution in [3.8, 4) is 5.75 Å². The van der Waals surface area contributed by atoms with E-state index < -0.39 is 0 Å². The summed E-state index contributed by atoms with van der Waals surface area (Å²) in [5.74, 6) is 0.569. The van der Waals surface area contributed by atoms with Crippen molar-refractivity contribution in [3.05, 3.63) is 45.6 Å². The van der Waals surface area contributed by atoms with E-state index in [2.05, 4.69) is 18.4 Å². The molecule has 4 nitrogen and oxygen atoms in total. The topological polar surface area (TPSA) is 55.6 Å². The van der Waals surface area contributed by atoms with Crippen LogP contribution in [0, 0.1) is 0 Å². The van der Waals surface area contributed by atoms with Gasteiger partial charge in [0.1, 0.15) is 5.75 Å². The van der Waals surface area contributed by atoms with Gasteiger partial charge in [-0.25, -0.2) is 0 Å². The zero-order valence-corrected chi connectivity index (χ0v) is 12.9. The highest BCUT2D eigenvalue weighted by molar-refractivity contribution is 7.10. The Bertz CT molecular complexity index is 681. The third kappa shape index (κ3) is 2.38. The van der Waals surface area contributed by atoms with E-state index in [1.807, 2.05) is 4.90 Å². The molecule has 0 fully saturated rings. The Morgan fingerprint density at radius 3 is 3.00 bits per heavy atom. The lowest BCUT2D eigenvalue weighted by Crippen LogP contribution is -2.38. The summed E-state index contributed by atoms with van der Waals surface area (Å²) in [5, 5.41) is 2.10. The van der Waals surface area contributed by atoms with E-state index in [4.69, 9.17) is 10.5 Å².